The van der Waals surface area contributed by atoms with Crippen LogP contribution < -0.4 is 14.4 Å². The van der Waals surface area contributed by atoms with Crippen molar-refractivity contribution >= 4 is 5.95 Å². The van der Waals surface area contributed by atoms with Crippen molar-refractivity contribution in [2.45, 2.75) is 19.4 Å². The Bertz CT molecular complexity index is 982. The molecule has 1 unspecified atom stereocenters. The van der Waals surface area contributed by atoms with E-state index in [9.17, 15) is 0 Å². The van der Waals surface area contributed by atoms with Crippen molar-refractivity contribution < 1.29 is 9.47 Å². The molecule has 2 aromatic carbocycles. The van der Waals surface area contributed by atoms with Crippen molar-refractivity contribution in [2.24, 2.45) is 7.05 Å². The molecule has 0 radical (unpaired) electrons. The summed E-state index contributed by atoms with van der Waals surface area (Å²) in [5.74, 6) is 3.24. The van der Waals surface area contributed by atoms with Crippen molar-refractivity contribution in [2.75, 3.05) is 18.2 Å². The minimum atomic E-state index is 0.271. The van der Waals surface area contributed by atoms with Crippen molar-refractivity contribution in [3.63, 3.8) is 0 Å². The summed E-state index contributed by atoms with van der Waals surface area (Å²) in [5, 5.41) is 8.95. The molecule has 0 spiro atoms. The summed E-state index contributed by atoms with van der Waals surface area (Å²) in [6.07, 6.45) is 1.02. The first kappa shape index (κ1) is 15.3. The molecule has 0 bridgehead atoms. The van der Waals surface area contributed by atoms with Crippen LogP contribution in [0.2, 0.25) is 0 Å². The highest BCUT2D eigenvalue weighted by Gasteiger charge is 2.28. The van der Waals surface area contributed by atoms with E-state index in [0.29, 0.717) is 0 Å². The van der Waals surface area contributed by atoms with Crippen LogP contribution in [0.1, 0.15) is 24.1 Å². The second kappa shape index (κ2) is 5.76. The Kier molecular flexibility index (Phi) is 3.38. The Morgan fingerprint density at radius 2 is 1.88 bits per heavy atom. The van der Waals surface area contributed by atoms with Gasteiger partial charge in [-0.1, -0.05) is 24.3 Å². The molecule has 0 fully saturated rings. The Hall–Kier alpha value is -3.02. The number of hydrogen-bond acceptors (Lipinski definition) is 5. The zero-order valence-corrected chi connectivity index (χ0v) is 14.8. The minimum Gasteiger partial charge on any atom is -0.454 e. The molecule has 3 aromatic rings. The van der Waals surface area contributed by atoms with Crippen LogP contribution in [0.4, 0.5) is 5.95 Å². The molecule has 0 saturated heterocycles. The molecular weight excluding hydrogens is 328 g/mol. The average molecular weight is 348 g/mol. The summed E-state index contributed by atoms with van der Waals surface area (Å²) < 4.78 is 12.9. The number of aromatic nitrogens is 3. The number of benzene rings is 2. The fourth-order valence-corrected chi connectivity index (χ4v) is 3.90. The van der Waals surface area contributed by atoms with E-state index in [1.165, 1.54) is 11.1 Å². The van der Waals surface area contributed by atoms with Gasteiger partial charge in [-0.3, -0.25) is 4.57 Å². The van der Waals surface area contributed by atoms with Crippen LogP contribution in [0.15, 0.2) is 42.5 Å². The van der Waals surface area contributed by atoms with Crippen molar-refractivity contribution in [3.05, 3.63) is 53.6 Å². The molecule has 132 valence electrons. The first-order valence-corrected chi connectivity index (χ1v) is 8.86. The van der Waals surface area contributed by atoms with Gasteiger partial charge in [0.05, 0.1) is 6.04 Å². The maximum atomic E-state index is 5.49. The molecule has 0 amide bonds. The molecule has 2 aliphatic heterocycles. The minimum absolute atomic E-state index is 0.271. The Morgan fingerprint density at radius 3 is 2.81 bits per heavy atom. The average Bonchev–Trinajstić information content (AvgIpc) is 3.28. The second-order valence-electron chi connectivity index (χ2n) is 6.77. The lowest BCUT2D eigenvalue weighted by Gasteiger charge is -2.35. The van der Waals surface area contributed by atoms with Gasteiger partial charge in [0.25, 0.3) is 0 Å². The van der Waals surface area contributed by atoms with Gasteiger partial charge in [-0.25, -0.2) is 0 Å². The molecule has 1 atom stereocenters. The number of ether oxygens (including phenoxy) is 2. The van der Waals surface area contributed by atoms with E-state index in [-0.39, 0.29) is 12.8 Å². The van der Waals surface area contributed by atoms with E-state index in [1.807, 2.05) is 25.2 Å². The van der Waals surface area contributed by atoms with E-state index < -0.39 is 0 Å². The summed E-state index contributed by atoms with van der Waals surface area (Å²) in [6.45, 7) is 3.44. The lowest BCUT2D eigenvalue weighted by Crippen LogP contribution is -2.35. The van der Waals surface area contributed by atoms with Gasteiger partial charge in [0.1, 0.15) is 0 Å². The van der Waals surface area contributed by atoms with E-state index >= 15 is 0 Å². The molecule has 6 heteroatoms. The van der Waals surface area contributed by atoms with E-state index in [2.05, 4.69) is 50.9 Å². The molecular formula is C20H20N4O2. The van der Waals surface area contributed by atoms with Crippen LogP contribution in [0.25, 0.3) is 11.4 Å². The Balaban J connectivity index is 1.51. The fraction of sp³-hybridized carbons (Fsp3) is 0.300. The van der Waals surface area contributed by atoms with Gasteiger partial charge >= 0.3 is 0 Å². The predicted molar refractivity (Wildman–Crippen MR) is 98.5 cm³/mol. The highest BCUT2D eigenvalue weighted by molar-refractivity contribution is 5.63. The monoisotopic (exact) mass is 348 g/mol. The molecule has 2 aliphatic rings. The van der Waals surface area contributed by atoms with Crippen LogP contribution in [0, 0.1) is 0 Å². The maximum absolute atomic E-state index is 5.49. The first-order valence-electron chi connectivity index (χ1n) is 8.86. The van der Waals surface area contributed by atoms with Crippen molar-refractivity contribution in [1.29, 1.82) is 0 Å². The lowest BCUT2D eigenvalue weighted by atomic mass is 9.94. The van der Waals surface area contributed by atoms with Crippen LogP contribution in [0.5, 0.6) is 11.5 Å². The molecule has 3 heterocycles. The summed E-state index contributed by atoms with van der Waals surface area (Å²) in [7, 11) is 2.02. The van der Waals surface area contributed by atoms with E-state index in [4.69, 9.17) is 9.47 Å². The second-order valence-corrected chi connectivity index (χ2v) is 6.77. The summed E-state index contributed by atoms with van der Waals surface area (Å²) in [4.78, 5) is 2.33. The van der Waals surface area contributed by atoms with Gasteiger partial charge in [-0.2, -0.15) is 0 Å². The van der Waals surface area contributed by atoms with Crippen LogP contribution in [-0.4, -0.2) is 28.1 Å². The molecule has 0 N–H and O–H groups in total. The van der Waals surface area contributed by atoms with Crippen molar-refractivity contribution in [3.8, 4) is 22.9 Å². The topological polar surface area (TPSA) is 52.4 Å². The smallest absolute Gasteiger partial charge is 0.231 e. The first-order chi connectivity index (χ1) is 12.7. The standard InChI is InChI=1S/C20H20N4O2/c1-13-16-6-4-3-5-14(16)9-10-24(13)20-22-21-19(23(20)2)15-7-8-17-18(11-15)26-12-25-17/h3-8,11,13H,9-10,12H2,1-2H3. The van der Waals surface area contributed by atoms with Gasteiger partial charge < -0.3 is 14.4 Å². The third-order valence-electron chi connectivity index (χ3n) is 5.33. The third kappa shape index (κ3) is 2.25. The largest absolute Gasteiger partial charge is 0.454 e. The molecule has 1 aromatic heterocycles. The van der Waals surface area contributed by atoms with Gasteiger partial charge in [0.15, 0.2) is 17.3 Å². The fourth-order valence-electron chi connectivity index (χ4n) is 3.90. The Labute approximate surface area is 152 Å². The summed E-state index contributed by atoms with van der Waals surface area (Å²) in [5.41, 5.74) is 3.77. The van der Waals surface area contributed by atoms with Gasteiger partial charge in [-0.15, -0.1) is 10.2 Å². The van der Waals surface area contributed by atoms with Gasteiger partial charge in [0.2, 0.25) is 12.7 Å². The summed E-state index contributed by atoms with van der Waals surface area (Å²) in [6, 6.07) is 14.8. The van der Waals surface area contributed by atoms with Crippen LogP contribution in [0.3, 0.4) is 0 Å². The molecule has 6 nitrogen and oxygen atoms in total. The number of fused-ring (bicyclic) bond motifs is 2. The lowest BCUT2D eigenvalue weighted by molar-refractivity contribution is 0.174. The van der Waals surface area contributed by atoms with E-state index in [0.717, 1.165) is 41.8 Å². The van der Waals surface area contributed by atoms with Crippen LogP contribution in [-0.2, 0) is 13.5 Å². The quantitative estimate of drug-likeness (QED) is 0.711. The normalized spacial score (nSPS) is 18.1. The van der Waals surface area contributed by atoms with Gasteiger partial charge in [-0.05, 0) is 42.7 Å². The zero-order valence-electron chi connectivity index (χ0n) is 14.8. The number of anilines is 1. The van der Waals surface area contributed by atoms with Gasteiger partial charge in [0, 0.05) is 19.2 Å². The summed E-state index contributed by atoms with van der Waals surface area (Å²) >= 11 is 0. The molecule has 0 aliphatic carbocycles. The number of rotatable bonds is 2. The third-order valence-corrected chi connectivity index (χ3v) is 5.33. The maximum Gasteiger partial charge on any atom is 0.231 e. The SMILES string of the molecule is CC1c2ccccc2CCN1c1nnc(-c2ccc3c(c2)OCO3)n1C. The van der Waals surface area contributed by atoms with Crippen molar-refractivity contribution in [1.82, 2.24) is 14.8 Å². The zero-order chi connectivity index (χ0) is 17.7. The number of nitrogens with zero attached hydrogens (tertiary/aromatic N) is 4. The predicted octanol–water partition coefficient (Wildman–Crippen LogP) is 3.33. The molecule has 5 rings (SSSR count). The molecule has 26 heavy (non-hydrogen) atoms. The van der Waals surface area contributed by atoms with Crippen LogP contribution >= 0.6 is 0 Å². The highest BCUT2D eigenvalue weighted by Crippen LogP contribution is 2.37. The van der Waals surface area contributed by atoms with E-state index in [1.54, 1.807) is 0 Å². The number of hydrogen-bond donors (Lipinski definition) is 0. The molecule has 0 saturated carbocycles. The highest BCUT2D eigenvalue weighted by atomic mass is 16.7. The Morgan fingerprint density at radius 1 is 1.04 bits per heavy atom.